The summed E-state index contributed by atoms with van der Waals surface area (Å²) < 4.78 is 25.7. The molecule has 10 heteroatoms. The second kappa shape index (κ2) is 6.83. The fourth-order valence-electron chi connectivity index (χ4n) is 3.01. The van der Waals surface area contributed by atoms with E-state index in [4.69, 9.17) is 0 Å². The van der Waals surface area contributed by atoms with Gasteiger partial charge in [-0.3, -0.25) is 9.71 Å². The first-order valence-electron chi connectivity index (χ1n) is 8.98. The molecule has 2 aliphatic heterocycles. The molecule has 0 amide bonds. The number of fused-ring (bicyclic) bond motifs is 1. The molecule has 0 saturated heterocycles. The molecule has 0 aromatic heterocycles. The van der Waals surface area contributed by atoms with Crippen molar-refractivity contribution < 1.29 is 8.42 Å². The second-order valence-electron chi connectivity index (χ2n) is 7.14. The van der Waals surface area contributed by atoms with Crippen LogP contribution in [-0.2, 0) is 10.0 Å². The first kappa shape index (κ1) is 18.3. The molecule has 0 bridgehead atoms. The standard InChI is InChI=1S/C18H21N7O2S/c1-11-3-4-13(7-15(11)24-28(2,26)27)22-17-8-16(21-12-5-6-12)18-20-10-14(9-19)25(18)23-17/h3-4,7-8,12,14,21,24H,5-6,10H2,1-2H3,(H,22,23). The fourth-order valence-corrected chi connectivity index (χ4v) is 3.63. The third kappa shape index (κ3) is 3.94. The van der Waals surface area contributed by atoms with Gasteiger partial charge in [0.2, 0.25) is 10.0 Å². The maximum Gasteiger partial charge on any atom is 0.229 e. The van der Waals surface area contributed by atoms with Crippen LogP contribution in [0.4, 0.5) is 11.4 Å². The Hall–Kier alpha value is -3.06. The molecule has 1 saturated carbocycles. The molecule has 1 atom stereocenters. The molecule has 9 nitrogen and oxygen atoms in total. The van der Waals surface area contributed by atoms with Gasteiger partial charge in [-0.1, -0.05) is 6.07 Å². The number of nitrogens with zero attached hydrogens (tertiary/aromatic N) is 4. The Morgan fingerprint density at radius 3 is 2.79 bits per heavy atom. The van der Waals surface area contributed by atoms with E-state index in [2.05, 4.69) is 31.5 Å². The van der Waals surface area contributed by atoms with Crippen molar-refractivity contribution in [1.82, 2.24) is 10.3 Å². The number of hydrogen-bond donors (Lipinski definition) is 3. The molecule has 0 radical (unpaired) electrons. The van der Waals surface area contributed by atoms with Gasteiger partial charge in [-0.25, -0.2) is 13.4 Å². The summed E-state index contributed by atoms with van der Waals surface area (Å²) in [5, 5.41) is 22.2. The Morgan fingerprint density at radius 1 is 1.32 bits per heavy atom. The minimum absolute atomic E-state index is 0.388. The molecule has 1 aliphatic carbocycles. The highest BCUT2D eigenvalue weighted by atomic mass is 32.2. The van der Waals surface area contributed by atoms with Crippen molar-refractivity contribution in [2.45, 2.75) is 31.8 Å². The number of hydrogen-bond acceptors (Lipinski definition) is 8. The van der Waals surface area contributed by atoms with E-state index >= 15 is 0 Å². The van der Waals surface area contributed by atoms with Crippen LogP contribution >= 0.6 is 0 Å². The second-order valence-corrected chi connectivity index (χ2v) is 8.89. The predicted molar refractivity (Wildman–Crippen MR) is 108 cm³/mol. The predicted octanol–water partition coefficient (Wildman–Crippen LogP) is 1.35. The molecule has 28 heavy (non-hydrogen) atoms. The van der Waals surface area contributed by atoms with Gasteiger partial charge in [0.15, 0.2) is 17.7 Å². The quantitative estimate of drug-likeness (QED) is 0.687. The molecular formula is C18H21N7O2S. The Labute approximate surface area is 163 Å². The lowest BCUT2D eigenvalue weighted by Crippen LogP contribution is -2.40. The van der Waals surface area contributed by atoms with Gasteiger partial charge in [0.05, 0.1) is 30.3 Å². The molecule has 1 unspecified atom stereocenters. The van der Waals surface area contributed by atoms with Crippen molar-refractivity contribution in [3.8, 4) is 6.07 Å². The summed E-state index contributed by atoms with van der Waals surface area (Å²) >= 11 is 0. The monoisotopic (exact) mass is 399 g/mol. The van der Waals surface area contributed by atoms with Gasteiger partial charge in [0.1, 0.15) is 0 Å². The zero-order valence-corrected chi connectivity index (χ0v) is 16.4. The van der Waals surface area contributed by atoms with Crippen LogP contribution in [0.2, 0.25) is 0 Å². The van der Waals surface area contributed by atoms with Crippen molar-refractivity contribution in [3.63, 3.8) is 0 Å². The molecule has 3 N–H and O–H groups in total. The number of anilines is 2. The first-order valence-corrected chi connectivity index (χ1v) is 10.9. The molecule has 1 fully saturated rings. The van der Waals surface area contributed by atoms with E-state index in [-0.39, 0.29) is 0 Å². The van der Waals surface area contributed by atoms with E-state index in [0.29, 0.717) is 35.6 Å². The summed E-state index contributed by atoms with van der Waals surface area (Å²) in [6, 6.07) is 7.62. The molecule has 4 rings (SSSR count). The average molecular weight is 399 g/mol. The van der Waals surface area contributed by atoms with Gasteiger partial charge in [-0.05, 0) is 37.5 Å². The highest BCUT2D eigenvalue weighted by Gasteiger charge is 2.35. The van der Waals surface area contributed by atoms with Crippen LogP contribution in [0, 0.1) is 18.3 Å². The van der Waals surface area contributed by atoms with Crippen molar-refractivity contribution in [1.29, 1.82) is 5.26 Å². The highest BCUT2D eigenvalue weighted by Crippen LogP contribution is 2.26. The summed E-state index contributed by atoms with van der Waals surface area (Å²) in [6.07, 6.45) is 5.22. The summed E-state index contributed by atoms with van der Waals surface area (Å²) in [5.74, 6) is 1.24. The van der Waals surface area contributed by atoms with Crippen molar-refractivity contribution in [2.24, 2.45) is 10.1 Å². The van der Waals surface area contributed by atoms with Crippen LogP contribution in [0.1, 0.15) is 18.4 Å². The normalized spacial score (nSPS) is 21.1. The van der Waals surface area contributed by atoms with E-state index in [1.165, 1.54) is 0 Å². The number of sulfonamides is 1. The highest BCUT2D eigenvalue weighted by molar-refractivity contribution is 7.92. The summed E-state index contributed by atoms with van der Waals surface area (Å²) in [5.41, 5.74) is 2.85. The largest absolute Gasteiger partial charge is 0.379 e. The van der Waals surface area contributed by atoms with Gasteiger partial charge in [-0.2, -0.15) is 10.4 Å². The van der Waals surface area contributed by atoms with Gasteiger partial charge in [0.25, 0.3) is 0 Å². The van der Waals surface area contributed by atoms with E-state index in [1.807, 2.05) is 25.1 Å². The molecule has 146 valence electrons. The van der Waals surface area contributed by atoms with Crippen molar-refractivity contribution >= 4 is 33.1 Å². The minimum Gasteiger partial charge on any atom is -0.379 e. The Bertz CT molecular complexity index is 1050. The molecule has 0 spiro atoms. The van der Waals surface area contributed by atoms with Gasteiger partial charge >= 0.3 is 0 Å². The number of aryl methyl sites for hydroxylation is 1. The number of benzene rings is 1. The van der Waals surface area contributed by atoms with E-state index < -0.39 is 16.1 Å². The van der Waals surface area contributed by atoms with Gasteiger partial charge < -0.3 is 10.6 Å². The van der Waals surface area contributed by atoms with Crippen LogP contribution < -0.4 is 15.4 Å². The van der Waals surface area contributed by atoms with E-state index in [9.17, 15) is 13.7 Å². The van der Waals surface area contributed by atoms with Crippen LogP contribution in [0.3, 0.4) is 0 Å². The van der Waals surface area contributed by atoms with Crippen molar-refractivity contribution in [3.05, 3.63) is 35.5 Å². The Balaban J connectivity index is 1.61. The zero-order valence-electron chi connectivity index (χ0n) is 15.6. The fraction of sp³-hybridized carbons (Fsp3) is 0.389. The zero-order chi connectivity index (χ0) is 19.9. The van der Waals surface area contributed by atoms with E-state index in [0.717, 1.165) is 30.4 Å². The third-order valence-electron chi connectivity index (χ3n) is 4.55. The third-order valence-corrected chi connectivity index (χ3v) is 5.15. The number of hydrazone groups is 1. The number of rotatable bonds is 5. The molecule has 3 aliphatic rings. The topological polar surface area (TPSA) is 122 Å². The Kier molecular flexibility index (Phi) is 4.47. The summed E-state index contributed by atoms with van der Waals surface area (Å²) in [7, 11) is -3.38. The lowest BCUT2D eigenvalue weighted by Gasteiger charge is -2.26. The SMILES string of the molecule is Cc1ccc(NC2=NN3C(=NCC3C#N)C(NC3CC3)=C2)cc1NS(C)(=O)=O. The molecule has 1 aromatic rings. The van der Waals surface area contributed by atoms with Crippen LogP contribution in [0.15, 0.2) is 40.1 Å². The smallest absolute Gasteiger partial charge is 0.229 e. The maximum atomic E-state index is 11.6. The number of nitrogens with one attached hydrogen (secondary N) is 3. The molecule has 2 heterocycles. The van der Waals surface area contributed by atoms with Crippen LogP contribution in [-0.4, -0.2) is 50.0 Å². The Morgan fingerprint density at radius 2 is 2.11 bits per heavy atom. The number of aliphatic imine (C=N–C) groups is 1. The maximum absolute atomic E-state index is 11.6. The van der Waals surface area contributed by atoms with Gasteiger partial charge in [0, 0.05) is 17.8 Å². The van der Waals surface area contributed by atoms with Crippen LogP contribution in [0.25, 0.3) is 0 Å². The molecular weight excluding hydrogens is 378 g/mol. The lowest BCUT2D eigenvalue weighted by molar-refractivity contribution is 0.417. The first-order chi connectivity index (χ1) is 13.3. The lowest BCUT2D eigenvalue weighted by atomic mass is 10.2. The summed E-state index contributed by atoms with van der Waals surface area (Å²) in [6.45, 7) is 2.22. The average Bonchev–Trinajstić information content (AvgIpc) is 3.33. The van der Waals surface area contributed by atoms with Crippen LogP contribution in [0.5, 0.6) is 0 Å². The van der Waals surface area contributed by atoms with E-state index in [1.54, 1.807) is 11.1 Å². The summed E-state index contributed by atoms with van der Waals surface area (Å²) in [4.78, 5) is 4.46. The minimum atomic E-state index is -3.38. The number of nitriles is 1. The van der Waals surface area contributed by atoms with Gasteiger partial charge in [-0.15, -0.1) is 0 Å². The number of amidine groups is 2. The molecule has 1 aromatic carbocycles. The van der Waals surface area contributed by atoms with Crippen molar-refractivity contribution in [2.75, 3.05) is 22.8 Å².